The number of carbonyl (C=O) groups is 1. The lowest BCUT2D eigenvalue weighted by Crippen LogP contribution is -2.62. The monoisotopic (exact) mass is 575 g/mol. The van der Waals surface area contributed by atoms with Crippen molar-refractivity contribution in [3.8, 4) is 0 Å². The quantitative estimate of drug-likeness (QED) is 0.239. The summed E-state index contributed by atoms with van der Waals surface area (Å²) in [5.41, 5.74) is 0.467. The van der Waals surface area contributed by atoms with Gasteiger partial charge in [0.25, 0.3) is 0 Å². The van der Waals surface area contributed by atoms with Crippen molar-refractivity contribution >= 4 is 11.9 Å². The fourth-order valence-electron chi connectivity index (χ4n) is 10.4. The van der Waals surface area contributed by atoms with E-state index in [-0.39, 0.29) is 28.9 Å². The van der Waals surface area contributed by atoms with Gasteiger partial charge in [-0.15, -0.1) is 0 Å². The lowest BCUT2D eigenvalue weighted by Gasteiger charge is -2.65. The van der Waals surface area contributed by atoms with Crippen molar-refractivity contribution in [3.63, 3.8) is 0 Å². The van der Waals surface area contributed by atoms with Crippen LogP contribution in [0.1, 0.15) is 91.9 Å². The molecule has 4 unspecified atom stereocenters. The van der Waals surface area contributed by atoms with Gasteiger partial charge in [-0.05, 0) is 114 Å². The third-order valence-electron chi connectivity index (χ3n) is 12.4. The van der Waals surface area contributed by atoms with Crippen molar-refractivity contribution in [1.82, 2.24) is 20.6 Å². The Morgan fingerprint density at radius 3 is 2.63 bits per heavy atom. The SMILES string of the molecule is CC[C@H]1[C@@H](O)C2C(CCC3(C)[C@@H]([C@H](C)CCC(=O)Nc4nnn[nH]4)CC[C@@H]23)C2(C)CC[C@@H](OCOCCOC)C[C@@H]12. The van der Waals surface area contributed by atoms with Gasteiger partial charge in [0, 0.05) is 13.5 Å². The van der Waals surface area contributed by atoms with Crippen molar-refractivity contribution in [2.24, 2.45) is 52.3 Å². The number of H-pyrrole nitrogens is 1. The van der Waals surface area contributed by atoms with Crippen LogP contribution in [0, 0.1) is 52.3 Å². The van der Waals surface area contributed by atoms with Crippen LogP contribution in [0.2, 0.25) is 0 Å². The van der Waals surface area contributed by atoms with Crippen molar-refractivity contribution in [3.05, 3.63) is 0 Å². The molecule has 0 radical (unpaired) electrons. The Labute approximate surface area is 245 Å². The second kappa shape index (κ2) is 12.9. The highest BCUT2D eigenvalue weighted by molar-refractivity contribution is 5.88. The third-order valence-corrected chi connectivity index (χ3v) is 12.4. The summed E-state index contributed by atoms with van der Waals surface area (Å²) < 4.78 is 16.9. The second-order valence-corrected chi connectivity index (χ2v) is 14.1. The number of nitrogens with one attached hydrogen (secondary N) is 2. The standard InChI is InChI=1S/C31H53N5O5/c1-6-21-25-17-20(41-18-40-16-15-39-5)11-13-31(25,4)24-12-14-30(3)22(8-9-23(30)27(24)28(21)38)19(2)7-10-26(37)32-29-33-35-36-34-29/h19-25,27-28,38H,6-18H2,1-5H3,(H2,32,33,34,35,36,37)/t19-,20-,21-,22-,23+,24?,25+,27?,28-,30?,31?/m1/s1. The Balaban J connectivity index is 1.24. The Morgan fingerprint density at radius 2 is 1.90 bits per heavy atom. The molecule has 1 heterocycles. The first-order valence-corrected chi connectivity index (χ1v) is 16.1. The maximum absolute atomic E-state index is 12.5. The first-order chi connectivity index (χ1) is 19.7. The van der Waals surface area contributed by atoms with Crippen LogP contribution >= 0.6 is 0 Å². The van der Waals surface area contributed by atoms with Crippen molar-refractivity contribution < 1.29 is 24.1 Å². The predicted molar refractivity (Wildman–Crippen MR) is 155 cm³/mol. The number of carbonyl (C=O) groups excluding carboxylic acids is 1. The van der Waals surface area contributed by atoms with E-state index in [1.807, 2.05) is 0 Å². The molecule has 232 valence electrons. The number of aromatic nitrogens is 4. The first-order valence-electron chi connectivity index (χ1n) is 16.1. The Bertz CT molecular complexity index is 996. The molecule has 0 bridgehead atoms. The number of anilines is 1. The summed E-state index contributed by atoms with van der Waals surface area (Å²) in [6, 6.07) is 0. The largest absolute Gasteiger partial charge is 0.393 e. The number of aromatic amines is 1. The molecule has 10 nitrogen and oxygen atoms in total. The van der Waals surface area contributed by atoms with Crippen molar-refractivity contribution in [1.29, 1.82) is 0 Å². The fourth-order valence-corrected chi connectivity index (χ4v) is 10.4. The highest BCUT2D eigenvalue weighted by Gasteiger charge is 2.65. The van der Waals surface area contributed by atoms with E-state index in [1.165, 1.54) is 32.1 Å². The van der Waals surface area contributed by atoms with Crippen molar-refractivity contribution in [2.75, 3.05) is 32.4 Å². The zero-order chi connectivity index (χ0) is 29.2. The summed E-state index contributed by atoms with van der Waals surface area (Å²) in [5.74, 6) is 3.56. The average Bonchev–Trinajstić information content (AvgIpc) is 3.59. The Hall–Kier alpha value is -1.62. The van der Waals surface area contributed by atoms with Gasteiger partial charge in [0.05, 0.1) is 25.4 Å². The van der Waals surface area contributed by atoms with E-state index in [1.54, 1.807) is 7.11 Å². The van der Waals surface area contributed by atoms with E-state index in [0.29, 0.717) is 73.8 Å². The summed E-state index contributed by atoms with van der Waals surface area (Å²) >= 11 is 0. The number of amides is 1. The minimum absolute atomic E-state index is 0.0487. The summed E-state index contributed by atoms with van der Waals surface area (Å²) in [6.07, 6.45) is 10.4. The van der Waals surface area contributed by atoms with E-state index in [0.717, 1.165) is 25.7 Å². The van der Waals surface area contributed by atoms with E-state index >= 15 is 0 Å². The Morgan fingerprint density at radius 1 is 1.12 bits per heavy atom. The molecule has 0 spiro atoms. The van der Waals surface area contributed by atoms with Gasteiger partial charge < -0.3 is 19.3 Å². The van der Waals surface area contributed by atoms with Gasteiger partial charge in [-0.2, -0.15) is 0 Å². The van der Waals surface area contributed by atoms with E-state index in [4.69, 9.17) is 14.2 Å². The first kappa shape index (κ1) is 30.8. The van der Waals surface area contributed by atoms with Gasteiger partial charge in [-0.1, -0.05) is 39.2 Å². The number of aliphatic hydroxyl groups excluding tert-OH is 1. The minimum Gasteiger partial charge on any atom is -0.393 e. The molecule has 10 heteroatoms. The zero-order valence-electron chi connectivity index (χ0n) is 25.8. The number of fused-ring (bicyclic) bond motifs is 5. The number of hydrogen-bond acceptors (Lipinski definition) is 8. The molecule has 1 aromatic heterocycles. The highest BCUT2D eigenvalue weighted by atomic mass is 16.7. The molecular formula is C31H53N5O5. The van der Waals surface area contributed by atoms with Crippen LogP contribution in [-0.2, 0) is 19.0 Å². The molecule has 11 atom stereocenters. The summed E-state index contributed by atoms with van der Waals surface area (Å²) in [4.78, 5) is 12.5. The summed E-state index contributed by atoms with van der Waals surface area (Å²) in [5, 5.41) is 28.3. The van der Waals surface area contributed by atoms with Gasteiger partial charge in [-0.25, -0.2) is 5.10 Å². The van der Waals surface area contributed by atoms with E-state index < -0.39 is 0 Å². The maximum Gasteiger partial charge on any atom is 0.246 e. The van der Waals surface area contributed by atoms with Crippen LogP contribution in [0.5, 0.6) is 0 Å². The van der Waals surface area contributed by atoms with Crippen LogP contribution < -0.4 is 5.32 Å². The average molecular weight is 576 g/mol. The van der Waals surface area contributed by atoms with E-state index in [9.17, 15) is 9.90 Å². The van der Waals surface area contributed by atoms with Crippen LogP contribution in [0.15, 0.2) is 0 Å². The molecule has 4 fully saturated rings. The number of tetrazole rings is 1. The zero-order valence-corrected chi connectivity index (χ0v) is 25.8. The lowest BCUT2D eigenvalue weighted by atomic mass is 9.41. The van der Waals surface area contributed by atoms with Crippen LogP contribution in [0.25, 0.3) is 0 Å². The molecule has 4 saturated carbocycles. The number of hydrogen-bond donors (Lipinski definition) is 3. The molecular weight excluding hydrogens is 522 g/mol. The number of methoxy groups -OCH3 is 1. The minimum atomic E-state index is -0.250. The lowest BCUT2D eigenvalue weighted by molar-refractivity contribution is -0.213. The smallest absolute Gasteiger partial charge is 0.246 e. The topological polar surface area (TPSA) is 131 Å². The molecule has 0 aliphatic heterocycles. The summed E-state index contributed by atoms with van der Waals surface area (Å²) in [7, 11) is 1.68. The number of nitrogens with zero attached hydrogens (tertiary/aromatic N) is 3. The normalized spacial score (nSPS) is 40.8. The third kappa shape index (κ3) is 5.95. The van der Waals surface area contributed by atoms with Crippen LogP contribution in [0.4, 0.5) is 5.95 Å². The van der Waals surface area contributed by atoms with Gasteiger partial charge in [0.15, 0.2) is 0 Å². The number of rotatable bonds is 12. The number of ether oxygens (including phenoxy) is 3. The van der Waals surface area contributed by atoms with Crippen LogP contribution in [-0.4, -0.2) is 71.0 Å². The van der Waals surface area contributed by atoms with E-state index in [2.05, 4.69) is 53.6 Å². The molecule has 41 heavy (non-hydrogen) atoms. The fraction of sp³-hybridized carbons (Fsp3) is 0.935. The molecule has 0 saturated heterocycles. The predicted octanol–water partition coefficient (Wildman–Crippen LogP) is 4.83. The van der Waals surface area contributed by atoms with Gasteiger partial charge in [0.1, 0.15) is 6.79 Å². The second-order valence-electron chi connectivity index (χ2n) is 14.1. The Kier molecular flexibility index (Phi) is 9.73. The van der Waals surface area contributed by atoms with Gasteiger partial charge in [-0.3, -0.25) is 10.1 Å². The number of aliphatic hydroxyl groups is 1. The maximum atomic E-state index is 12.5. The summed E-state index contributed by atoms with van der Waals surface area (Å²) in [6.45, 7) is 11.1. The molecule has 1 aromatic rings. The van der Waals surface area contributed by atoms with Crippen LogP contribution in [0.3, 0.4) is 0 Å². The molecule has 3 N–H and O–H groups in total. The molecule has 1 amide bonds. The highest BCUT2D eigenvalue weighted by Crippen LogP contribution is 2.69. The molecule has 4 aliphatic carbocycles. The van der Waals surface area contributed by atoms with Gasteiger partial charge in [0.2, 0.25) is 11.9 Å². The molecule has 0 aromatic carbocycles. The van der Waals surface area contributed by atoms with Gasteiger partial charge >= 0.3 is 0 Å². The molecule has 5 rings (SSSR count). The molecule has 4 aliphatic rings. The van der Waals surface area contributed by atoms with Crippen molar-refractivity contribution in [2.45, 2.75) is 104 Å².